The van der Waals surface area contributed by atoms with E-state index in [1.807, 2.05) is 0 Å². The van der Waals surface area contributed by atoms with Gasteiger partial charge in [-0.15, -0.1) is 11.6 Å². The van der Waals surface area contributed by atoms with E-state index in [1.54, 1.807) is 6.07 Å². The maximum atomic E-state index is 12.4. The van der Waals surface area contributed by atoms with E-state index in [4.69, 9.17) is 16.0 Å². The molecule has 1 fully saturated rings. The SMILES string of the molecule is CCC1CCCN(S(=O)(=O)c2ccc(CCl)o2)C1. The van der Waals surface area contributed by atoms with Crippen LogP contribution in [0.25, 0.3) is 0 Å². The summed E-state index contributed by atoms with van der Waals surface area (Å²) in [6.45, 7) is 3.27. The van der Waals surface area contributed by atoms with Crippen LogP contribution in [0.3, 0.4) is 0 Å². The Balaban J connectivity index is 2.19. The molecule has 1 atom stereocenters. The second kappa shape index (κ2) is 5.63. The summed E-state index contributed by atoms with van der Waals surface area (Å²) in [5, 5.41) is 0.00917. The summed E-state index contributed by atoms with van der Waals surface area (Å²) in [6.07, 6.45) is 3.03. The Kier molecular flexibility index (Phi) is 4.35. The molecule has 1 unspecified atom stereocenters. The molecule has 1 aromatic rings. The van der Waals surface area contributed by atoms with Crippen LogP contribution in [0.1, 0.15) is 31.9 Å². The van der Waals surface area contributed by atoms with Gasteiger partial charge in [-0.3, -0.25) is 0 Å². The second-order valence-corrected chi connectivity index (χ2v) is 6.77. The third-order valence-electron chi connectivity index (χ3n) is 3.42. The molecule has 0 bridgehead atoms. The molecule has 1 aromatic heterocycles. The molecule has 0 N–H and O–H groups in total. The minimum absolute atomic E-state index is 0.00917. The van der Waals surface area contributed by atoms with Crippen LogP contribution in [-0.4, -0.2) is 25.8 Å². The molecule has 6 heteroatoms. The van der Waals surface area contributed by atoms with E-state index in [0.717, 1.165) is 19.3 Å². The lowest BCUT2D eigenvalue weighted by Crippen LogP contribution is -2.39. The van der Waals surface area contributed by atoms with E-state index >= 15 is 0 Å². The number of halogens is 1. The Hall–Kier alpha value is -0.520. The summed E-state index contributed by atoms with van der Waals surface area (Å²) in [7, 11) is -3.49. The van der Waals surface area contributed by atoms with E-state index in [0.29, 0.717) is 24.8 Å². The fourth-order valence-corrected chi connectivity index (χ4v) is 3.90. The minimum atomic E-state index is -3.49. The quantitative estimate of drug-likeness (QED) is 0.802. The van der Waals surface area contributed by atoms with Gasteiger partial charge in [-0.2, -0.15) is 4.31 Å². The third-order valence-corrected chi connectivity index (χ3v) is 5.42. The molecule has 2 rings (SSSR count). The van der Waals surface area contributed by atoms with E-state index in [9.17, 15) is 8.42 Å². The van der Waals surface area contributed by atoms with Crippen molar-refractivity contribution in [3.63, 3.8) is 0 Å². The number of hydrogen-bond donors (Lipinski definition) is 0. The first-order valence-corrected chi connectivity index (χ1v) is 8.20. The van der Waals surface area contributed by atoms with Crippen LogP contribution >= 0.6 is 11.6 Å². The van der Waals surface area contributed by atoms with Gasteiger partial charge in [-0.25, -0.2) is 8.42 Å². The Morgan fingerprint density at radius 2 is 2.28 bits per heavy atom. The van der Waals surface area contributed by atoms with Crippen molar-refractivity contribution in [1.82, 2.24) is 4.31 Å². The number of alkyl halides is 1. The molecular weight excluding hydrogens is 274 g/mol. The Labute approximate surface area is 113 Å². The first kappa shape index (κ1) is 13.9. The molecular formula is C12H18ClNO3S. The van der Waals surface area contributed by atoms with Gasteiger partial charge in [-0.05, 0) is 30.9 Å². The van der Waals surface area contributed by atoms with Crippen LogP contribution in [0, 0.1) is 5.92 Å². The highest BCUT2D eigenvalue weighted by Crippen LogP contribution is 2.26. The lowest BCUT2D eigenvalue weighted by molar-refractivity contribution is 0.256. The number of rotatable bonds is 4. The average molecular weight is 292 g/mol. The fraction of sp³-hybridized carbons (Fsp3) is 0.667. The van der Waals surface area contributed by atoms with Crippen LogP contribution in [0.5, 0.6) is 0 Å². The van der Waals surface area contributed by atoms with Crippen LogP contribution in [0.15, 0.2) is 21.6 Å². The van der Waals surface area contributed by atoms with Crippen molar-refractivity contribution < 1.29 is 12.8 Å². The molecule has 2 heterocycles. The van der Waals surface area contributed by atoms with Gasteiger partial charge in [0.15, 0.2) is 0 Å². The predicted molar refractivity (Wildman–Crippen MR) is 70.0 cm³/mol. The third kappa shape index (κ3) is 2.73. The molecule has 102 valence electrons. The van der Waals surface area contributed by atoms with Crippen molar-refractivity contribution in [1.29, 1.82) is 0 Å². The highest BCUT2D eigenvalue weighted by molar-refractivity contribution is 7.89. The molecule has 1 aliphatic heterocycles. The fourth-order valence-electron chi connectivity index (χ4n) is 2.27. The highest BCUT2D eigenvalue weighted by atomic mass is 35.5. The van der Waals surface area contributed by atoms with Gasteiger partial charge in [0, 0.05) is 13.1 Å². The standard InChI is InChI=1S/C12H18ClNO3S/c1-2-10-4-3-7-14(9-10)18(15,16)12-6-5-11(8-13)17-12/h5-6,10H,2-4,7-9H2,1H3. The maximum absolute atomic E-state index is 12.4. The zero-order chi connectivity index (χ0) is 13.2. The minimum Gasteiger partial charge on any atom is -0.447 e. The van der Waals surface area contributed by atoms with Gasteiger partial charge >= 0.3 is 0 Å². The number of hydrogen-bond acceptors (Lipinski definition) is 3. The molecule has 18 heavy (non-hydrogen) atoms. The number of furan rings is 1. The van der Waals surface area contributed by atoms with Crippen molar-refractivity contribution in [3.8, 4) is 0 Å². The van der Waals surface area contributed by atoms with Crippen LogP contribution < -0.4 is 0 Å². The number of piperidine rings is 1. The summed E-state index contributed by atoms with van der Waals surface area (Å²) in [4.78, 5) is 0. The van der Waals surface area contributed by atoms with Crippen LogP contribution in [0.2, 0.25) is 0 Å². The van der Waals surface area contributed by atoms with Crippen molar-refractivity contribution in [2.75, 3.05) is 13.1 Å². The van der Waals surface area contributed by atoms with Crippen molar-refractivity contribution in [2.24, 2.45) is 5.92 Å². The normalized spacial score (nSPS) is 22.2. The van der Waals surface area contributed by atoms with Crippen molar-refractivity contribution >= 4 is 21.6 Å². The van der Waals surface area contributed by atoms with Gasteiger partial charge in [0.25, 0.3) is 10.0 Å². The molecule has 1 saturated heterocycles. The Morgan fingerprint density at radius 3 is 2.89 bits per heavy atom. The average Bonchev–Trinajstić information content (AvgIpc) is 2.88. The Bertz CT molecular complexity index is 497. The molecule has 0 aromatic carbocycles. The number of nitrogens with zero attached hydrogens (tertiary/aromatic N) is 1. The summed E-state index contributed by atoms with van der Waals surface area (Å²) in [5.41, 5.74) is 0. The molecule has 0 spiro atoms. The highest BCUT2D eigenvalue weighted by Gasteiger charge is 2.31. The topological polar surface area (TPSA) is 50.5 Å². The van der Waals surface area contributed by atoms with Crippen LogP contribution in [-0.2, 0) is 15.9 Å². The molecule has 0 radical (unpaired) electrons. The predicted octanol–water partition coefficient (Wildman–Crippen LogP) is 2.83. The summed E-state index contributed by atoms with van der Waals surface area (Å²) < 4.78 is 31.5. The maximum Gasteiger partial charge on any atom is 0.276 e. The molecule has 1 aliphatic rings. The summed E-state index contributed by atoms with van der Waals surface area (Å²) >= 11 is 5.62. The van der Waals surface area contributed by atoms with Crippen LogP contribution in [0.4, 0.5) is 0 Å². The van der Waals surface area contributed by atoms with Gasteiger partial charge in [-0.1, -0.05) is 13.3 Å². The first-order chi connectivity index (χ1) is 8.57. The zero-order valence-corrected chi connectivity index (χ0v) is 12.0. The van der Waals surface area contributed by atoms with E-state index in [-0.39, 0.29) is 11.0 Å². The Morgan fingerprint density at radius 1 is 1.50 bits per heavy atom. The number of sulfonamides is 1. The molecule has 0 saturated carbocycles. The van der Waals surface area contributed by atoms with E-state index < -0.39 is 10.0 Å². The van der Waals surface area contributed by atoms with Crippen molar-refractivity contribution in [2.45, 2.75) is 37.2 Å². The lowest BCUT2D eigenvalue weighted by atomic mass is 9.97. The van der Waals surface area contributed by atoms with Gasteiger partial charge in [0.05, 0.1) is 5.88 Å². The van der Waals surface area contributed by atoms with E-state index in [2.05, 4.69) is 6.92 Å². The largest absolute Gasteiger partial charge is 0.447 e. The molecule has 0 amide bonds. The zero-order valence-electron chi connectivity index (χ0n) is 10.4. The van der Waals surface area contributed by atoms with Gasteiger partial charge in [0.2, 0.25) is 5.09 Å². The first-order valence-electron chi connectivity index (χ1n) is 6.22. The van der Waals surface area contributed by atoms with E-state index in [1.165, 1.54) is 10.4 Å². The van der Waals surface area contributed by atoms with Gasteiger partial charge in [0.1, 0.15) is 5.76 Å². The second-order valence-electron chi connectivity index (χ2n) is 4.63. The monoisotopic (exact) mass is 291 g/mol. The molecule has 0 aliphatic carbocycles. The van der Waals surface area contributed by atoms with Crippen molar-refractivity contribution in [3.05, 3.63) is 17.9 Å². The summed E-state index contributed by atoms with van der Waals surface area (Å²) in [6, 6.07) is 3.10. The van der Waals surface area contributed by atoms with Gasteiger partial charge < -0.3 is 4.42 Å². The summed E-state index contributed by atoms with van der Waals surface area (Å²) in [5.74, 6) is 1.13. The lowest BCUT2D eigenvalue weighted by Gasteiger charge is -2.30. The smallest absolute Gasteiger partial charge is 0.276 e. The molecule has 4 nitrogen and oxygen atoms in total.